The molecule has 2 fully saturated rings. The van der Waals surface area contributed by atoms with Gasteiger partial charge in [0.15, 0.2) is 5.11 Å². The zero-order valence-corrected chi connectivity index (χ0v) is 8.83. The van der Waals surface area contributed by atoms with Crippen LogP contribution in [0.25, 0.3) is 0 Å². The van der Waals surface area contributed by atoms with E-state index in [9.17, 15) is 0 Å². The third kappa shape index (κ3) is 3.14. The van der Waals surface area contributed by atoms with Gasteiger partial charge in [0.05, 0.1) is 0 Å². The van der Waals surface area contributed by atoms with Crippen LogP contribution in [0.3, 0.4) is 0 Å². The molecule has 3 heteroatoms. The van der Waals surface area contributed by atoms with Gasteiger partial charge in [-0.1, -0.05) is 12.8 Å². The van der Waals surface area contributed by atoms with Crippen molar-refractivity contribution < 1.29 is 0 Å². The lowest BCUT2D eigenvalue weighted by Gasteiger charge is -2.15. The van der Waals surface area contributed by atoms with Gasteiger partial charge in [-0.25, -0.2) is 0 Å². The van der Waals surface area contributed by atoms with E-state index in [1.807, 2.05) is 0 Å². The first-order valence-corrected chi connectivity index (χ1v) is 5.80. The molecule has 2 saturated carbocycles. The number of nitrogens with one attached hydrogen (secondary N) is 2. The van der Waals surface area contributed by atoms with Crippen molar-refractivity contribution in [1.82, 2.24) is 10.6 Å². The van der Waals surface area contributed by atoms with Crippen LogP contribution in [0.5, 0.6) is 0 Å². The molecule has 0 aliphatic heterocycles. The molecule has 0 amide bonds. The van der Waals surface area contributed by atoms with Gasteiger partial charge in [-0.15, -0.1) is 0 Å². The summed E-state index contributed by atoms with van der Waals surface area (Å²) in [6.07, 6.45) is 8.10. The molecule has 13 heavy (non-hydrogen) atoms. The normalized spacial score (nSPS) is 23.1. The Labute approximate surface area is 85.5 Å². The molecule has 0 radical (unpaired) electrons. The minimum atomic E-state index is 0.652. The highest BCUT2D eigenvalue weighted by atomic mass is 32.1. The number of hydrogen-bond acceptors (Lipinski definition) is 1. The molecule has 0 aromatic rings. The van der Waals surface area contributed by atoms with E-state index < -0.39 is 0 Å². The van der Waals surface area contributed by atoms with Crippen LogP contribution in [0.1, 0.15) is 38.5 Å². The zero-order valence-electron chi connectivity index (χ0n) is 8.01. The van der Waals surface area contributed by atoms with Crippen molar-refractivity contribution in [1.29, 1.82) is 0 Å². The van der Waals surface area contributed by atoms with E-state index in [1.54, 1.807) is 0 Å². The van der Waals surface area contributed by atoms with Gasteiger partial charge >= 0.3 is 0 Å². The second-order valence-electron chi connectivity index (χ2n) is 4.28. The van der Waals surface area contributed by atoms with Gasteiger partial charge in [0.2, 0.25) is 0 Å². The maximum atomic E-state index is 5.21. The monoisotopic (exact) mass is 198 g/mol. The largest absolute Gasteiger partial charge is 0.362 e. The molecule has 0 heterocycles. The van der Waals surface area contributed by atoms with E-state index in [0.29, 0.717) is 6.04 Å². The van der Waals surface area contributed by atoms with Gasteiger partial charge in [0.25, 0.3) is 0 Å². The Bertz CT molecular complexity index is 183. The molecule has 0 aromatic carbocycles. The Balaban J connectivity index is 1.59. The van der Waals surface area contributed by atoms with Crippen molar-refractivity contribution in [2.75, 3.05) is 6.54 Å². The predicted octanol–water partition coefficient (Wildman–Crippen LogP) is 1.80. The fourth-order valence-corrected chi connectivity index (χ4v) is 2.12. The van der Waals surface area contributed by atoms with E-state index in [1.165, 1.54) is 38.5 Å². The van der Waals surface area contributed by atoms with Crippen LogP contribution in [0.15, 0.2) is 0 Å². The summed E-state index contributed by atoms with van der Waals surface area (Å²) < 4.78 is 0. The first kappa shape index (κ1) is 9.25. The average molecular weight is 198 g/mol. The lowest BCUT2D eigenvalue weighted by atomic mass is 10.3. The molecule has 0 unspecified atom stereocenters. The quantitative estimate of drug-likeness (QED) is 0.676. The lowest BCUT2D eigenvalue weighted by Crippen LogP contribution is -2.41. The van der Waals surface area contributed by atoms with Gasteiger partial charge in [-0.3, -0.25) is 0 Å². The third-order valence-electron chi connectivity index (χ3n) is 2.94. The second kappa shape index (κ2) is 4.27. The molecular formula is C10H18N2S. The van der Waals surface area contributed by atoms with Crippen LogP contribution in [-0.2, 0) is 0 Å². The molecule has 0 saturated heterocycles. The highest BCUT2D eigenvalue weighted by molar-refractivity contribution is 7.80. The summed E-state index contributed by atoms with van der Waals surface area (Å²) in [7, 11) is 0. The van der Waals surface area contributed by atoms with Crippen molar-refractivity contribution in [3.63, 3.8) is 0 Å². The molecule has 2 aliphatic carbocycles. The van der Waals surface area contributed by atoms with Crippen LogP contribution in [0.2, 0.25) is 0 Å². The van der Waals surface area contributed by atoms with Gasteiger partial charge in [-0.05, 0) is 43.8 Å². The van der Waals surface area contributed by atoms with Crippen LogP contribution < -0.4 is 10.6 Å². The fraction of sp³-hybridized carbons (Fsp3) is 0.900. The van der Waals surface area contributed by atoms with Crippen molar-refractivity contribution in [2.45, 2.75) is 44.6 Å². The summed E-state index contributed by atoms with van der Waals surface area (Å²) >= 11 is 5.21. The summed E-state index contributed by atoms with van der Waals surface area (Å²) in [6.45, 7) is 1.08. The number of thiocarbonyl (C=S) groups is 1. The van der Waals surface area contributed by atoms with Gasteiger partial charge in [-0.2, -0.15) is 0 Å². The Morgan fingerprint density at radius 2 is 1.85 bits per heavy atom. The fourth-order valence-electron chi connectivity index (χ4n) is 1.87. The Morgan fingerprint density at radius 1 is 1.15 bits per heavy atom. The van der Waals surface area contributed by atoms with Crippen molar-refractivity contribution in [3.8, 4) is 0 Å². The highest BCUT2D eigenvalue weighted by Gasteiger charge is 2.21. The SMILES string of the molecule is S=C(NCC1CC1)NC1CCCC1. The molecule has 0 atom stereocenters. The topological polar surface area (TPSA) is 24.1 Å². The molecular weight excluding hydrogens is 180 g/mol. The summed E-state index contributed by atoms with van der Waals surface area (Å²) in [5.41, 5.74) is 0. The average Bonchev–Trinajstić information content (AvgIpc) is 2.82. The van der Waals surface area contributed by atoms with Crippen molar-refractivity contribution in [2.24, 2.45) is 5.92 Å². The first-order chi connectivity index (χ1) is 6.34. The molecule has 0 spiro atoms. The Hall–Kier alpha value is -0.310. The summed E-state index contributed by atoms with van der Waals surface area (Å²) in [4.78, 5) is 0. The van der Waals surface area contributed by atoms with E-state index in [4.69, 9.17) is 12.2 Å². The van der Waals surface area contributed by atoms with Gasteiger partial charge < -0.3 is 10.6 Å². The van der Waals surface area contributed by atoms with Gasteiger partial charge in [0.1, 0.15) is 0 Å². The molecule has 2 nitrogen and oxygen atoms in total. The van der Waals surface area contributed by atoms with Crippen LogP contribution in [0, 0.1) is 5.92 Å². The Kier molecular flexibility index (Phi) is 3.04. The van der Waals surface area contributed by atoms with Crippen LogP contribution in [0.4, 0.5) is 0 Å². The molecule has 2 rings (SSSR count). The molecule has 0 bridgehead atoms. The molecule has 2 aliphatic rings. The molecule has 2 N–H and O–H groups in total. The van der Waals surface area contributed by atoms with E-state index in [2.05, 4.69) is 10.6 Å². The van der Waals surface area contributed by atoms with Crippen LogP contribution >= 0.6 is 12.2 Å². The first-order valence-electron chi connectivity index (χ1n) is 5.39. The summed E-state index contributed by atoms with van der Waals surface area (Å²) in [6, 6.07) is 0.652. The third-order valence-corrected chi connectivity index (χ3v) is 3.20. The minimum Gasteiger partial charge on any atom is -0.362 e. The lowest BCUT2D eigenvalue weighted by molar-refractivity contribution is 0.617. The minimum absolute atomic E-state index is 0.652. The summed E-state index contributed by atoms with van der Waals surface area (Å²) in [5.74, 6) is 0.906. The van der Waals surface area contributed by atoms with E-state index in [-0.39, 0.29) is 0 Å². The van der Waals surface area contributed by atoms with Crippen molar-refractivity contribution in [3.05, 3.63) is 0 Å². The smallest absolute Gasteiger partial charge is 0.166 e. The molecule has 0 aromatic heterocycles. The standard InChI is InChI=1S/C10H18N2S/c13-10(11-7-8-5-6-8)12-9-3-1-2-4-9/h8-9H,1-7H2,(H2,11,12,13). The number of hydrogen-bond donors (Lipinski definition) is 2. The van der Waals surface area contributed by atoms with E-state index >= 15 is 0 Å². The van der Waals surface area contributed by atoms with Gasteiger partial charge in [0, 0.05) is 12.6 Å². The highest BCUT2D eigenvalue weighted by Crippen LogP contribution is 2.27. The van der Waals surface area contributed by atoms with Crippen LogP contribution in [-0.4, -0.2) is 17.7 Å². The molecule has 74 valence electrons. The maximum Gasteiger partial charge on any atom is 0.166 e. The zero-order chi connectivity index (χ0) is 9.10. The maximum absolute atomic E-state index is 5.21. The Morgan fingerprint density at radius 3 is 2.46 bits per heavy atom. The predicted molar refractivity (Wildman–Crippen MR) is 58.7 cm³/mol. The second-order valence-corrected chi connectivity index (χ2v) is 4.69. The van der Waals surface area contributed by atoms with E-state index in [0.717, 1.165) is 17.6 Å². The number of rotatable bonds is 3. The van der Waals surface area contributed by atoms with Crippen molar-refractivity contribution >= 4 is 17.3 Å². The summed E-state index contributed by atoms with van der Waals surface area (Å²) in [5, 5.41) is 7.55.